The Morgan fingerprint density at radius 1 is 1.47 bits per heavy atom. The van der Waals surface area contributed by atoms with Gasteiger partial charge in [-0.05, 0) is 32.0 Å². The van der Waals surface area contributed by atoms with Gasteiger partial charge in [0, 0.05) is 10.2 Å². The van der Waals surface area contributed by atoms with Crippen LogP contribution in [0.3, 0.4) is 0 Å². The summed E-state index contributed by atoms with van der Waals surface area (Å²) < 4.78 is 6.26. The molecule has 15 heavy (non-hydrogen) atoms. The highest BCUT2D eigenvalue weighted by atomic mass is 79.9. The van der Waals surface area contributed by atoms with Gasteiger partial charge in [0.1, 0.15) is 5.75 Å². The zero-order valence-electron chi connectivity index (χ0n) is 9.08. The molecule has 0 aliphatic carbocycles. The van der Waals surface area contributed by atoms with Crippen LogP contribution in [0.15, 0.2) is 27.6 Å². The summed E-state index contributed by atoms with van der Waals surface area (Å²) in [6.45, 7) is 3.59. The van der Waals surface area contributed by atoms with E-state index >= 15 is 0 Å². The van der Waals surface area contributed by atoms with Gasteiger partial charge in [-0.3, -0.25) is 0 Å². The number of halogens is 1. The molecule has 84 valence electrons. The Morgan fingerprint density at radius 2 is 2.13 bits per heavy atom. The van der Waals surface area contributed by atoms with Gasteiger partial charge in [-0.25, -0.2) is 0 Å². The summed E-state index contributed by atoms with van der Waals surface area (Å²) in [6.07, 6.45) is 0. The highest BCUT2D eigenvalue weighted by Gasteiger charge is 2.14. The maximum Gasteiger partial charge on any atom is 0.132 e. The lowest BCUT2D eigenvalue weighted by molar-refractivity contribution is 0.107. The van der Waals surface area contributed by atoms with Crippen LogP contribution >= 0.6 is 27.7 Å². The van der Waals surface area contributed by atoms with Gasteiger partial charge < -0.3 is 9.84 Å². The fraction of sp³-hybridized carbons (Fsp3) is 0.455. The van der Waals surface area contributed by atoms with Gasteiger partial charge in [-0.15, -0.1) is 11.8 Å². The molecule has 0 saturated heterocycles. The summed E-state index contributed by atoms with van der Waals surface area (Å²) in [4.78, 5) is 1.04. The molecule has 1 rings (SSSR count). The molecule has 0 fully saturated rings. The number of methoxy groups -OCH3 is 1. The van der Waals surface area contributed by atoms with Crippen molar-refractivity contribution in [3.05, 3.63) is 22.7 Å². The van der Waals surface area contributed by atoms with Crippen molar-refractivity contribution in [1.82, 2.24) is 0 Å². The fourth-order valence-electron chi connectivity index (χ4n) is 1.02. The number of rotatable bonds is 4. The molecular weight excluding hydrogens is 276 g/mol. The number of hydrogen-bond donors (Lipinski definition) is 1. The van der Waals surface area contributed by atoms with E-state index in [1.54, 1.807) is 32.7 Å². The van der Waals surface area contributed by atoms with E-state index < -0.39 is 5.60 Å². The quantitative estimate of drug-likeness (QED) is 0.863. The second kappa shape index (κ2) is 5.23. The third-order valence-electron chi connectivity index (χ3n) is 1.71. The van der Waals surface area contributed by atoms with E-state index in [1.165, 1.54) is 0 Å². The van der Waals surface area contributed by atoms with Gasteiger partial charge in [0.15, 0.2) is 0 Å². The molecule has 4 heteroatoms. The maximum absolute atomic E-state index is 9.64. The van der Waals surface area contributed by atoms with Crippen molar-refractivity contribution < 1.29 is 9.84 Å². The Labute approximate surface area is 103 Å². The highest BCUT2D eigenvalue weighted by molar-refractivity contribution is 9.10. The Bertz CT molecular complexity index is 334. The van der Waals surface area contributed by atoms with Crippen molar-refractivity contribution in [3.8, 4) is 5.75 Å². The van der Waals surface area contributed by atoms with Crippen molar-refractivity contribution in [2.45, 2.75) is 24.3 Å². The van der Waals surface area contributed by atoms with E-state index in [4.69, 9.17) is 4.74 Å². The maximum atomic E-state index is 9.64. The lowest BCUT2D eigenvalue weighted by Gasteiger charge is -2.17. The number of aliphatic hydroxyl groups is 1. The Kier molecular flexibility index (Phi) is 4.49. The minimum atomic E-state index is -0.669. The first-order chi connectivity index (χ1) is 6.92. The van der Waals surface area contributed by atoms with Crippen LogP contribution in [0, 0.1) is 0 Å². The van der Waals surface area contributed by atoms with E-state index in [1.807, 2.05) is 18.2 Å². The molecule has 0 aliphatic heterocycles. The molecule has 0 aliphatic rings. The molecule has 0 unspecified atom stereocenters. The normalized spacial score (nSPS) is 11.5. The van der Waals surface area contributed by atoms with Gasteiger partial charge in [0.2, 0.25) is 0 Å². The van der Waals surface area contributed by atoms with Crippen molar-refractivity contribution >= 4 is 27.7 Å². The summed E-state index contributed by atoms with van der Waals surface area (Å²) in [7, 11) is 1.65. The van der Waals surface area contributed by atoms with E-state index in [-0.39, 0.29) is 0 Å². The lowest BCUT2D eigenvalue weighted by atomic mass is 10.2. The molecule has 0 atom stereocenters. The minimum absolute atomic E-state index is 0.639. The van der Waals surface area contributed by atoms with Crippen LogP contribution in [0.5, 0.6) is 5.75 Å². The van der Waals surface area contributed by atoms with Crippen LogP contribution in [-0.2, 0) is 0 Å². The molecule has 2 nitrogen and oxygen atoms in total. The summed E-state index contributed by atoms with van der Waals surface area (Å²) in [5.74, 6) is 1.48. The van der Waals surface area contributed by atoms with Gasteiger partial charge in [-0.2, -0.15) is 0 Å². The molecule has 0 saturated carbocycles. The van der Waals surface area contributed by atoms with Gasteiger partial charge in [0.25, 0.3) is 0 Å². The molecule has 1 aromatic carbocycles. The summed E-state index contributed by atoms with van der Waals surface area (Å²) in [5, 5.41) is 9.64. The van der Waals surface area contributed by atoms with Crippen LogP contribution in [0.1, 0.15) is 13.8 Å². The van der Waals surface area contributed by atoms with E-state index in [2.05, 4.69) is 15.9 Å². The second-order valence-corrected chi connectivity index (χ2v) is 5.83. The first-order valence-corrected chi connectivity index (χ1v) is 6.39. The van der Waals surface area contributed by atoms with Crippen LogP contribution in [0.25, 0.3) is 0 Å². The standard InChI is InChI=1S/C11H15BrO2S/c1-11(2,13)7-15-10-6-8(12)4-5-9(10)14-3/h4-6,13H,7H2,1-3H3. The number of benzene rings is 1. The largest absolute Gasteiger partial charge is 0.496 e. The molecule has 1 aromatic rings. The highest BCUT2D eigenvalue weighted by Crippen LogP contribution is 2.33. The van der Waals surface area contributed by atoms with E-state index in [9.17, 15) is 5.11 Å². The van der Waals surface area contributed by atoms with Crippen molar-refractivity contribution in [3.63, 3.8) is 0 Å². The Morgan fingerprint density at radius 3 is 2.67 bits per heavy atom. The molecule has 1 N–H and O–H groups in total. The third-order valence-corrected chi connectivity index (χ3v) is 3.68. The molecule has 0 bridgehead atoms. The van der Waals surface area contributed by atoms with E-state index in [0.29, 0.717) is 5.75 Å². The second-order valence-electron chi connectivity index (χ2n) is 3.90. The molecule has 0 heterocycles. The Hall–Kier alpha value is -0.190. The number of thioether (sulfide) groups is 1. The van der Waals surface area contributed by atoms with Crippen molar-refractivity contribution in [2.75, 3.05) is 12.9 Å². The van der Waals surface area contributed by atoms with Gasteiger partial charge in [0.05, 0.1) is 17.6 Å². The SMILES string of the molecule is COc1ccc(Br)cc1SCC(C)(C)O. The summed E-state index contributed by atoms with van der Waals surface area (Å²) in [5.41, 5.74) is -0.669. The zero-order valence-corrected chi connectivity index (χ0v) is 11.5. The predicted molar refractivity (Wildman–Crippen MR) is 67.7 cm³/mol. The zero-order chi connectivity index (χ0) is 11.5. The van der Waals surface area contributed by atoms with Gasteiger partial charge >= 0.3 is 0 Å². The number of ether oxygens (including phenoxy) is 1. The van der Waals surface area contributed by atoms with Crippen LogP contribution in [-0.4, -0.2) is 23.6 Å². The van der Waals surface area contributed by atoms with Crippen molar-refractivity contribution in [1.29, 1.82) is 0 Å². The fourth-order valence-corrected chi connectivity index (χ4v) is 2.54. The van der Waals surface area contributed by atoms with Crippen LogP contribution in [0.2, 0.25) is 0 Å². The number of hydrogen-bond acceptors (Lipinski definition) is 3. The topological polar surface area (TPSA) is 29.5 Å². The first-order valence-electron chi connectivity index (χ1n) is 4.61. The summed E-state index contributed by atoms with van der Waals surface area (Å²) in [6, 6.07) is 5.85. The third kappa shape index (κ3) is 4.45. The van der Waals surface area contributed by atoms with Gasteiger partial charge in [-0.1, -0.05) is 15.9 Å². The summed E-state index contributed by atoms with van der Waals surface area (Å²) >= 11 is 5.00. The van der Waals surface area contributed by atoms with Crippen molar-refractivity contribution in [2.24, 2.45) is 0 Å². The monoisotopic (exact) mass is 290 g/mol. The minimum Gasteiger partial charge on any atom is -0.496 e. The smallest absolute Gasteiger partial charge is 0.132 e. The average molecular weight is 291 g/mol. The lowest BCUT2D eigenvalue weighted by Crippen LogP contribution is -2.21. The predicted octanol–water partition coefficient (Wildman–Crippen LogP) is 3.32. The Balaban J connectivity index is 2.79. The molecular formula is C11H15BrO2S. The molecule has 0 radical (unpaired) electrons. The molecule has 0 amide bonds. The van der Waals surface area contributed by atoms with Crippen LogP contribution in [0.4, 0.5) is 0 Å². The van der Waals surface area contributed by atoms with Crippen LogP contribution < -0.4 is 4.74 Å². The molecule has 0 aromatic heterocycles. The first kappa shape index (κ1) is 12.9. The van der Waals surface area contributed by atoms with E-state index in [0.717, 1.165) is 15.1 Å². The average Bonchev–Trinajstić information content (AvgIpc) is 2.14. The molecule has 0 spiro atoms.